The number of esters is 4. The van der Waals surface area contributed by atoms with Crippen molar-refractivity contribution in [1.29, 1.82) is 0 Å². The zero-order valence-corrected chi connectivity index (χ0v) is 36.9. The van der Waals surface area contributed by atoms with Gasteiger partial charge in [-0.2, -0.15) is 0 Å². The second-order valence-corrected chi connectivity index (χ2v) is 18.9. The number of benzene rings is 2. The standard InChI is InChI=1S/2C24H28N2O6/c2*1-14-10-24(23(30)26(14)16-9-21(28)31-12-16)5-7-25(8-6-24)11-20(27)17-3-4-18-19(15(17)2)13-32-22(18)29/h2*3-4,9,14,20,27H,5-8,10-13H2,1-2H3/t14-,20+;14-,20-/m10/s1. The predicted octanol–water partition coefficient (Wildman–Crippen LogP) is 3.69. The normalized spacial score (nSPS) is 25.7. The summed E-state index contributed by atoms with van der Waals surface area (Å²) in [7, 11) is 0. The number of fused-ring (bicyclic) bond motifs is 2. The summed E-state index contributed by atoms with van der Waals surface area (Å²) in [4.78, 5) is 81.0. The van der Waals surface area contributed by atoms with E-state index in [-0.39, 0.29) is 74.2 Å². The van der Waals surface area contributed by atoms with E-state index < -0.39 is 23.0 Å². The van der Waals surface area contributed by atoms with Gasteiger partial charge in [-0.1, -0.05) is 12.1 Å². The van der Waals surface area contributed by atoms with Gasteiger partial charge < -0.3 is 48.8 Å². The van der Waals surface area contributed by atoms with Crippen molar-refractivity contribution >= 4 is 35.7 Å². The summed E-state index contributed by atoms with van der Waals surface area (Å²) in [6, 6.07) is 7.19. The van der Waals surface area contributed by atoms with Gasteiger partial charge in [-0.25, -0.2) is 19.2 Å². The van der Waals surface area contributed by atoms with Crippen molar-refractivity contribution in [3.63, 3.8) is 0 Å². The lowest BCUT2D eigenvalue weighted by Crippen LogP contribution is -2.45. The Morgan fingerprint density at radius 2 is 0.953 bits per heavy atom. The number of rotatable bonds is 8. The molecule has 16 heteroatoms. The van der Waals surface area contributed by atoms with Gasteiger partial charge in [0.05, 0.1) is 45.6 Å². The van der Waals surface area contributed by atoms with Gasteiger partial charge in [-0.05, 0) is 127 Å². The smallest absolute Gasteiger partial charge is 0.338 e. The summed E-state index contributed by atoms with van der Waals surface area (Å²) in [6.45, 7) is 12.6. The lowest BCUT2D eigenvalue weighted by molar-refractivity contribution is -0.139. The van der Waals surface area contributed by atoms with E-state index in [4.69, 9.17) is 18.9 Å². The monoisotopic (exact) mass is 880 g/mol. The first-order valence-electron chi connectivity index (χ1n) is 22.4. The van der Waals surface area contributed by atoms with Crippen LogP contribution in [0.15, 0.2) is 47.8 Å². The quantitative estimate of drug-likeness (QED) is 0.288. The lowest BCUT2D eigenvalue weighted by atomic mass is 9.76. The maximum absolute atomic E-state index is 13.3. The zero-order valence-electron chi connectivity index (χ0n) is 36.9. The number of carbonyl (C=O) groups excluding carboxylic acids is 6. The SMILES string of the molecule is Cc1c([C@@H](O)CN2CCC3(CC2)C[C@@H](C)N(C2=CC(=O)OC2)C3=O)ccc2c1COC2=O.Cc1c([C@@H](O)CN2CCC3(CC2)C[C@H](C)N(C2=CC(=O)OC2)C3=O)ccc2c1COC2=O. The fourth-order valence-electron chi connectivity index (χ4n) is 11.5. The third kappa shape index (κ3) is 7.71. The summed E-state index contributed by atoms with van der Waals surface area (Å²) in [5.41, 5.74) is 6.85. The van der Waals surface area contributed by atoms with E-state index in [9.17, 15) is 39.0 Å². The maximum Gasteiger partial charge on any atom is 0.338 e. The van der Waals surface area contributed by atoms with E-state index in [2.05, 4.69) is 9.80 Å². The number of aliphatic hydroxyl groups excluding tert-OH is 2. The molecule has 8 aliphatic rings. The molecule has 10 rings (SSSR count). The summed E-state index contributed by atoms with van der Waals surface area (Å²) in [5, 5.41) is 21.8. The molecule has 2 aromatic carbocycles. The number of piperidine rings is 2. The van der Waals surface area contributed by atoms with Gasteiger partial charge in [-0.15, -0.1) is 0 Å². The van der Waals surface area contributed by atoms with Gasteiger partial charge in [0.15, 0.2) is 0 Å². The van der Waals surface area contributed by atoms with Crippen LogP contribution < -0.4 is 0 Å². The van der Waals surface area contributed by atoms with Gasteiger partial charge in [-0.3, -0.25) is 9.59 Å². The number of cyclic esters (lactones) is 4. The first-order valence-corrected chi connectivity index (χ1v) is 22.4. The van der Waals surface area contributed by atoms with Crippen LogP contribution in [-0.2, 0) is 51.3 Å². The van der Waals surface area contributed by atoms with E-state index in [0.717, 1.165) is 98.1 Å². The van der Waals surface area contributed by atoms with Crippen LogP contribution in [0.3, 0.4) is 0 Å². The highest BCUT2D eigenvalue weighted by Gasteiger charge is 2.54. The van der Waals surface area contributed by atoms with Crippen LogP contribution in [0.25, 0.3) is 0 Å². The molecule has 0 aromatic heterocycles. The fraction of sp³-hybridized carbons (Fsp3) is 0.542. The number of aliphatic hydroxyl groups is 2. The molecule has 8 aliphatic heterocycles. The number of nitrogens with zero attached hydrogens (tertiary/aromatic N) is 4. The number of β-amino-alcohol motifs (C(OH)–C–C–N with tert-alkyl or cyclic N) is 2. The molecule has 0 aliphatic carbocycles. The summed E-state index contributed by atoms with van der Waals surface area (Å²) >= 11 is 0. The van der Waals surface area contributed by atoms with Crippen LogP contribution in [0, 0.1) is 24.7 Å². The Balaban J connectivity index is 0.000000162. The molecule has 340 valence electrons. The van der Waals surface area contributed by atoms with Crippen molar-refractivity contribution in [2.75, 3.05) is 52.5 Å². The van der Waals surface area contributed by atoms with Gasteiger partial charge in [0.1, 0.15) is 26.4 Å². The molecule has 0 unspecified atom stereocenters. The highest BCUT2D eigenvalue weighted by atomic mass is 16.5. The Morgan fingerprint density at radius 3 is 1.30 bits per heavy atom. The summed E-state index contributed by atoms with van der Waals surface area (Å²) in [5.74, 6) is -1.20. The third-order valence-electron chi connectivity index (χ3n) is 15.1. The molecule has 2 aromatic rings. The van der Waals surface area contributed by atoms with E-state index in [1.165, 1.54) is 12.2 Å². The Kier molecular flexibility index (Phi) is 11.5. The molecule has 4 atom stereocenters. The minimum atomic E-state index is -0.674. The highest BCUT2D eigenvalue weighted by Crippen LogP contribution is 2.48. The minimum Gasteiger partial charge on any atom is -0.457 e. The molecule has 0 saturated carbocycles. The molecule has 2 spiro atoms. The van der Waals surface area contributed by atoms with Gasteiger partial charge in [0, 0.05) is 48.5 Å². The maximum atomic E-state index is 13.3. The average Bonchev–Trinajstić information content (AvgIpc) is 4.13. The molecular weight excluding hydrogens is 825 g/mol. The number of hydrogen-bond acceptors (Lipinski definition) is 14. The number of likely N-dealkylation sites (tertiary alicyclic amines) is 4. The molecule has 4 saturated heterocycles. The largest absolute Gasteiger partial charge is 0.457 e. The second-order valence-electron chi connectivity index (χ2n) is 18.9. The molecule has 4 fully saturated rings. The fourth-order valence-corrected chi connectivity index (χ4v) is 11.5. The Morgan fingerprint density at radius 1 is 0.578 bits per heavy atom. The second kappa shape index (κ2) is 16.9. The van der Waals surface area contributed by atoms with E-state index in [0.29, 0.717) is 35.6 Å². The first kappa shape index (κ1) is 43.8. The summed E-state index contributed by atoms with van der Waals surface area (Å²) < 4.78 is 20.2. The molecule has 2 amide bonds. The Hall–Kier alpha value is -5.42. The van der Waals surface area contributed by atoms with Crippen molar-refractivity contribution in [1.82, 2.24) is 19.6 Å². The minimum absolute atomic E-state index is 0.0411. The molecule has 16 nitrogen and oxygen atoms in total. The zero-order chi connectivity index (χ0) is 45.2. The van der Waals surface area contributed by atoms with Crippen LogP contribution in [0.4, 0.5) is 0 Å². The van der Waals surface area contributed by atoms with Crippen LogP contribution in [0.2, 0.25) is 0 Å². The Labute approximate surface area is 371 Å². The molecule has 8 heterocycles. The van der Waals surface area contributed by atoms with Crippen LogP contribution in [0.1, 0.15) is 119 Å². The van der Waals surface area contributed by atoms with Gasteiger partial charge in [0.25, 0.3) is 0 Å². The molecule has 0 radical (unpaired) electrons. The first-order chi connectivity index (χ1) is 30.6. The molecular formula is C48H56N4O12. The molecule has 64 heavy (non-hydrogen) atoms. The van der Waals surface area contributed by atoms with Gasteiger partial charge in [0.2, 0.25) is 11.8 Å². The van der Waals surface area contributed by atoms with Crippen molar-refractivity contribution in [2.24, 2.45) is 10.8 Å². The number of hydrogen-bond donors (Lipinski definition) is 2. The van der Waals surface area contributed by atoms with E-state index >= 15 is 0 Å². The number of amides is 2. The summed E-state index contributed by atoms with van der Waals surface area (Å²) in [6.07, 6.45) is 5.96. The third-order valence-corrected chi connectivity index (χ3v) is 15.1. The molecule has 0 bridgehead atoms. The van der Waals surface area contributed by atoms with E-state index in [1.807, 2.05) is 39.8 Å². The van der Waals surface area contributed by atoms with Crippen LogP contribution >= 0.6 is 0 Å². The van der Waals surface area contributed by atoms with Crippen molar-refractivity contribution in [3.8, 4) is 0 Å². The molecule has 2 N–H and O–H groups in total. The van der Waals surface area contributed by atoms with Crippen LogP contribution in [0.5, 0.6) is 0 Å². The van der Waals surface area contributed by atoms with Crippen molar-refractivity contribution in [3.05, 3.63) is 92.3 Å². The lowest BCUT2D eigenvalue weighted by Gasteiger charge is -2.38. The van der Waals surface area contributed by atoms with Crippen LogP contribution in [-0.4, -0.2) is 130 Å². The van der Waals surface area contributed by atoms with Crippen molar-refractivity contribution in [2.45, 2.75) is 104 Å². The topological polar surface area (TPSA) is 193 Å². The van der Waals surface area contributed by atoms with Gasteiger partial charge >= 0.3 is 23.9 Å². The van der Waals surface area contributed by atoms with Crippen molar-refractivity contribution < 1.29 is 57.9 Å². The van der Waals surface area contributed by atoms with E-state index in [1.54, 1.807) is 21.9 Å². The number of ether oxygens (including phenoxy) is 4. The Bertz CT molecular complexity index is 2210. The number of carbonyl (C=O) groups is 6. The highest BCUT2D eigenvalue weighted by molar-refractivity contribution is 5.95. The average molecular weight is 881 g/mol. The predicted molar refractivity (Wildman–Crippen MR) is 227 cm³/mol.